The summed E-state index contributed by atoms with van der Waals surface area (Å²) in [6.45, 7) is 0.568. The molecule has 1 heterocycles. The number of rotatable bonds is 6. The fraction of sp³-hybridized carbons (Fsp3) is 0.462. The Balaban J connectivity index is 1.89. The zero-order chi connectivity index (χ0) is 14.5. The number of aromatic nitrogens is 2. The van der Waals surface area contributed by atoms with Gasteiger partial charge < -0.3 is 10.6 Å². The Morgan fingerprint density at radius 3 is 3.00 bits per heavy atom. The van der Waals surface area contributed by atoms with Gasteiger partial charge in [-0.2, -0.15) is 5.10 Å². The second-order valence-corrected chi connectivity index (χ2v) is 5.35. The molecule has 1 aromatic rings. The van der Waals surface area contributed by atoms with Crippen molar-refractivity contribution in [3.05, 3.63) is 21.0 Å². The van der Waals surface area contributed by atoms with E-state index in [9.17, 15) is 9.59 Å². The number of nitrogens with zero attached hydrogens (tertiary/aromatic N) is 2. The highest BCUT2D eigenvalue weighted by Crippen LogP contribution is 2.19. The minimum absolute atomic E-state index is 0.0183. The standard InChI is InChI=1S/C13H15BrN4O2/c1-2-7-18-13(20)12(14)10(8-16-18)15-6-5-11(19)17-9-3-4-9/h1,8-9,15H,3-7H2,(H,17,19). The number of anilines is 1. The minimum Gasteiger partial charge on any atom is -0.382 e. The number of carbonyl (C=O) groups is 1. The number of carbonyl (C=O) groups excluding carboxylic acids is 1. The van der Waals surface area contributed by atoms with Crippen LogP contribution >= 0.6 is 15.9 Å². The van der Waals surface area contributed by atoms with Crippen LogP contribution in [0, 0.1) is 12.3 Å². The molecule has 0 aromatic carbocycles. The minimum atomic E-state index is -0.296. The van der Waals surface area contributed by atoms with E-state index in [0.29, 0.717) is 29.2 Å². The zero-order valence-corrected chi connectivity index (χ0v) is 12.4. The third-order valence-corrected chi connectivity index (χ3v) is 3.60. The molecule has 1 aliphatic rings. The van der Waals surface area contributed by atoms with Crippen LogP contribution in [-0.4, -0.2) is 28.3 Å². The van der Waals surface area contributed by atoms with Crippen LogP contribution in [-0.2, 0) is 11.3 Å². The van der Waals surface area contributed by atoms with Crippen molar-refractivity contribution in [1.29, 1.82) is 0 Å². The molecule has 106 valence electrons. The maximum atomic E-state index is 11.9. The number of halogens is 1. The lowest BCUT2D eigenvalue weighted by atomic mass is 10.3. The first-order valence-corrected chi connectivity index (χ1v) is 7.13. The highest BCUT2D eigenvalue weighted by atomic mass is 79.9. The van der Waals surface area contributed by atoms with Crippen molar-refractivity contribution < 1.29 is 4.79 Å². The third-order valence-electron chi connectivity index (χ3n) is 2.84. The fourth-order valence-electron chi connectivity index (χ4n) is 1.63. The second kappa shape index (κ2) is 6.57. The first-order chi connectivity index (χ1) is 9.61. The Bertz CT molecular complexity index is 601. The van der Waals surface area contributed by atoms with Crippen LogP contribution in [0.1, 0.15) is 19.3 Å². The van der Waals surface area contributed by atoms with E-state index in [1.165, 1.54) is 10.9 Å². The van der Waals surface area contributed by atoms with Gasteiger partial charge in [0.2, 0.25) is 5.91 Å². The lowest BCUT2D eigenvalue weighted by Crippen LogP contribution is -2.28. The molecule has 0 unspecified atom stereocenters. The molecule has 1 amide bonds. The van der Waals surface area contributed by atoms with Crippen LogP contribution in [0.25, 0.3) is 0 Å². The number of hydrogen-bond donors (Lipinski definition) is 2. The van der Waals surface area contributed by atoms with Gasteiger partial charge in [-0.05, 0) is 28.8 Å². The summed E-state index contributed by atoms with van der Waals surface area (Å²) < 4.78 is 1.56. The molecule has 6 nitrogen and oxygen atoms in total. The average Bonchev–Trinajstić information content (AvgIpc) is 3.22. The summed E-state index contributed by atoms with van der Waals surface area (Å²) in [5, 5.41) is 9.86. The highest BCUT2D eigenvalue weighted by Gasteiger charge is 2.22. The molecule has 0 atom stereocenters. The molecule has 20 heavy (non-hydrogen) atoms. The number of amides is 1. The summed E-state index contributed by atoms with van der Waals surface area (Å²) in [7, 11) is 0. The Kier molecular flexibility index (Phi) is 4.79. The van der Waals surface area contributed by atoms with E-state index < -0.39 is 0 Å². The smallest absolute Gasteiger partial charge is 0.284 e. The van der Waals surface area contributed by atoms with Crippen LogP contribution < -0.4 is 16.2 Å². The molecule has 1 saturated carbocycles. The largest absolute Gasteiger partial charge is 0.382 e. The maximum absolute atomic E-state index is 11.9. The predicted molar refractivity (Wildman–Crippen MR) is 79.3 cm³/mol. The van der Waals surface area contributed by atoms with E-state index >= 15 is 0 Å². The topological polar surface area (TPSA) is 76.0 Å². The van der Waals surface area contributed by atoms with E-state index in [0.717, 1.165) is 12.8 Å². The molecular formula is C13H15BrN4O2. The monoisotopic (exact) mass is 338 g/mol. The van der Waals surface area contributed by atoms with Gasteiger partial charge in [-0.15, -0.1) is 6.42 Å². The molecule has 0 saturated heterocycles. The van der Waals surface area contributed by atoms with Crippen LogP contribution in [0.15, 0.2) is 15.5 Å². The van der Waals surface area contributed by atoms with E-state index in [-0.39, 0.29) is 18.0 Å². The summed E-state index contributed by atoms with van der Waals surface area (Å²) in [6, 6.07) is 0.364. The molecule has 0 aliphatic heterocycles. The van der Waals surface area contributed by atoms with E-state index in [2.05, 4.69) is 37.6 Å². The summed E-state index contributed by atoms with van der Waals surface area (Å²) in [5.74, 6) is 2.38. The first kappa shape index (κ1) is 14.6. The molecule has 1 aromatic heterocycles. The third kappa shape index (κ3) is 3.84. The molecule has 1 fully saturated rings. The maximum Gasteiger partial charge on any atom is 0.284 e. The van der Waals surface area contributed by atoms with Gasteiger partial charge in [0.05, 0.1) is 11.9 Å². The molecule has 7 heteroatoms. The quantitative estimate of drug-likeness (QED) is 0.749. The van der Waals surface area contributed by atoms with Crippen LogP contribution in [0.3, 0.4) is 0 Å². The Morgan fingerprint density at radius 1 is 1.60 bits per heavy atom. The van der Waals surface area contributed by atoms with Gasteiger partial charge in [-0.1, -0.05) is 5.92 Å². The van der Waals surface area contributed by atoms with Crippen LogP contribution in [0.5, 0.6) is 0 Å². The van der Waals surface area contributed by atoms with E-state index in [1.807, 2.05) is 0 Å². The van der Waals surface area contributed by atoms with Gasteiger partial charge >= 0.3 is 0 Å². The lowest BCUT2D eigenvalue weighted by Gasteiger charge is -2.09. The number of nitrogens with one attached hydrogen (secondary N) is 2. The van der Waals surface area contributed by atoms with Crippen molar-refractivity contribution in [1.82, 2.24) is 15.1 Å². The van der Waals surface area contributed by atoms with Crippen molar-refractivity contribution in [2.24, 2.45) is 0 Å². The van der Waals surface area contributed by atoms with Crippen molar-refractivity contribution in [2.75, 3.05) is 11.9 Å². The molecule has 0 spiro atoms. The van der Waals surface area contributed by atoms with Crippen molar-refractivity contribution in [3.63, 3.8) is 0 Å². The number of hydrogen-bond acceptors (Lipinski definition) is 4. The van der Waals surface area contributed by atoms with E-state index in [1.54, 1.807) is 0 Å². The second-order valence-electron chi connectivity index (χ2n) is 4.56. The molecule has 2 rings (SSSR count). The van der Waals surface area contributed by atoms with Gasteiger partial charge in [0.1, 0.15) is 11.0 Å². The summed E-state index contributed by atoms with van der Waals surface area (Å²) in [5.41, 5.74) is 0.262. The summed E-state index contributed by atoms with van der Waals surface area (Å²) >= 11 is 3.21. The summed E-state index contributed by atoms with van der Waals surface area (Å²) in [6.07, 6.45) is 9.17. The normalized spacial score (nSPS) is 13.6. The van der Waals surface area contributed by atoms with Gasteiger partial charge in [0.25, 0.3) is 5.56 Å². The van der Waals surface area contributed by atoms with Gasteiger partial charge in [0, 0.05) is 19.0 Å². The number of terminal acetylenes is 1. The Morgan fingerprint density at radius 2 is 2.35 bits per heavy atom. The van der Waals surface area contributed by atoms with Crippen molar-refractivity contribution in [3.8, 4) is 12.3 Å². The Hall–Kier alpha value is -1.81. The molecule has 1 aliphatic carbocycles. The fourth-order valence-corrected chi connectivity index (χ4v) is 2.07. The molecular weight excluding hydrogens is 324 g/mol. The van der Waals surface area contributed by atoms with E-state index in [4.69, 9.17) is 6.42 Å². The zero-order valence-electron chi connectivity index (χ0n) is 10.9. The molecule has 0 radical (unpaired) electrons. The van der Waals surface area contributed by atoms with Gasteiger partial charge in [-0.3, -0.25) is 9.59 Å². The van der Waals surface area contributed by atoms with Crippen molar-refractivity contribution in [2.45, 2.75) is 31.8 Å². The Labute approximate surface area is 125 Å². The molecule has 2 N–H and O–H groups in total. The SMILES string of the molecule is C#CCn1ncc(NCCC(=O)NC2CC2)c(Br)c1=O. The van der Waals surface area contributed by atoms with Crippen LogP contribution in [0.4, 0.5) is 5.69 Å². The van der Waals surface area contributed by atoms with Gasteiger partial charge in [0.15, 0.2) is 0 Å². The highest BCUT2D eigenvalue weighted by molar-refractivity contribution is 9.10. The lowest BCUT2D eigenvalue weighted by molar-refractivity contribution is -0.120. The van der Waals surface area contributed by atoms with Crippen molar-refractivity contribution >= 4 is 27.5 Å². The summed E-state index contributed by atoms with van der Waals surface area (Å²) in [4.78, 5) is 23.4. The molecule has 0 bridgehead atoms. The van der Waals surface area contributed by atoms with Crippen LogP contribution in [0.2, 0.25) is 0 Å². The average molecular weight is 339 g/mol. The first-order valence-electron chi connectivity index (χ1n) is 6.34. The van der Waals surface area contributed by atoms with Gasteiger partial charge in [-0.25, -0.2) is 4.68 Å². The predicted octanol–water partition coefficient (Wildman–Crippen LogP) is 0.720.